The van der Waals surface area contributed by atoms with Crippen molar-refractivity contribution in [1.82, 2.24) is 4.98 Å². The van der Waals surface area contributed by atoms with E-state index in [9.17, 15) is 19.2 Å². The number of rotatable bonds is 7. The number of ether oxygens (including phenoxy) is 2. The van der Waals surface area contributed by atoms with Crippen LogP contribution in [-0.2, 0) is 14.3 Å². The largest absolute Gasteiger partial charge is 0.462 e. The van der Waals surface area contributed by atoms with Gasteiger partial charge in [-0.15, -0.1) is 11.3 Å². The summed E-state index contributed by atoms with van der Waals surface area (Å²) in [6.07, 6.45) is 0. The topological polar surface area (TPSA) is 115 Å². The van der Waals surface area contributed by atoms with E-state index in [0.29, 0.717) is 21.5 Å². The van der Waals surface area contributed by atoms with Crippen molar-refractivity contribution in [3.8, 4) is 11.1 Å². The van der Waals surface area contributed by atoms with E-state index in [-0.39, 0.29) is 17.7 Å². The first-order chi connectivity index (χ1) is 16.9. The van der Waals surface area contributed by atoms with Crippen LogP contribution in [0.25, 0.3) is 22.0 Å². The fraction of sp³-hybridized carbons (Fsp3) is 0.154. The van der Waals surface area contributed by atoms with Gasteiger partial charge in [-0.1, -0.05) is 48.5 Å². The molecule has 35 heavy (non-hydrogen) atoms. The van der Waals surface area contributed by atoms with Crippen molar-refractivity contribution < 1.29 is 23.9 Å². The van der Waals surface area contributed by atoms with Crippen LogP contribution in [0.1, 0.15) is 32.5 Å². The first-order valence-corrected chi connectivity index (χ1v) is 11.7. The Labute approximate surface area is 204 Å². The lowest BCUT2D eigenvalue weighted by Crippen LogP contribution is -2.22. The third-order valence-corrected chi connectivity index (χ3v) is 6.20. The lowest BCUT2D eigenvalue weighted by atomic mass is 10.0. The molecular formula is C26H22N2O6S. The summed E-state index contributed by atoms with van der Waals surface area (Å²) in [6, 6.07) is 17.3. The number of hydrogen-bond donors (Lipinski definition) is 2. The molecule has 0 saturated carbocycles. The van der Waals surface area contributed by atoms with Crippen molar-refractivity contribution in [1.29, 1.82) is 0 Å². The van der Waals surface area contributed by atoms with E-state index in [1.54, 1.807) is 31.2 Å². The lowest BCUT2D eigenvalue weighted by Gasteiger charge is -2.10. The average Bonchev–Trinajstić information content (AvgIpc) is 3.18. The summed E-state index contributed by atoms with van der Waals surface area (Å²) in [6.45, 7) is 3.13. The molecule has 0 bridgehead atoms. The van der Waals surface area contributed by atoms with Crippen molar-refractivity contribution in [2.24, 2.45) is 0 Å². The Hall–Kier alpha value is -4.24. The smallest absolute Gasteiger partial charge is 0.341 e. The number of benzene rings is 2. The number of aromatic amines is 1. The molecule has 2 N–H and O–H groups in total. The van der Waals surface area contributed by atoms with Crippen molar-refractivity contribution in [3.05, 3.63) is 87.0 Å². The fourth-order valence-electron chi connectivity index (χ4n) is 3.73. The van der Waals surface area contributed by atoms with Gasteiger partial charge < -0.3 is 19.8 Å². The molecule has 4 aromatic rings. The van der Waals surface area contributed by atoms with Crippen LogP contribution in [-0.4, -0.2) is 36.0 Å². The van der Waals surface area contributed by atoms with Crippen LogP contribution in [0.3, 0.4) is 0 Å². The van der Waals surface area contributed by atoms with Crippen LogP contribution >= 0.6 is 11.3 Å². The zero-order valence-corrected chi connectivity index (χ0v) is 19.9. The molecule has 2 heterocycles. The molecule has 0 radical (unpaired) electrons. The number of pyridine rings is 1. The van der Waals surface area contributed by atoms with E-state index in [2.05, 4.69) is 10.3 Å². The molecule has 2 aromatic heterocycles. The van der Waals surface area contributed by atoms with Crippen LogP contribution in [0.5, 0.6) is 0 Å². The van der Waals surface area contributed by atoms with Crippen molar-refractivity contribution in [3.63, 3.8) is 0 Å². The highest BCUT2D eigenvalue weighted by atomic mass is 32.1. The Kier molecular flexibility index (Phi) is 7.07. The van der Waals surface area contributed by atoms with Gasteiger partial charge in [0.05, 0.1) is 12.2 Å². The number of nitrogens with one attached hydrogen (secondary N) is 2. The number of hydrogen-bond acceptors (Lipinski definition) is 7. The van der Waals surface area contributed by atoms with Crippen LogP contribution in [0.15, 0.2) is 65.5 Å². The standard InChI is InChI=1S/C26H22N2O6S/c1-3-33-26(32)23-22(16-9-5-4-6-10-16)15(2)35-24(23)28-21(30)14-34-25(31)18-13-20(29)27-19-12-8-7-11-17(18)19/h4-13H,3,14H2,1-2H3,(H,27,29)(H,28,30). The molecule has 0 saturated heterocycles. The number of amides is 1. The molecule has 0 fully saturated rings. The van der Waals surface area contributed by atoms with Gasteiger partial charge in [0.15, 0.2) is 6.61 Å². The second kappa shape index (κ2) is 10.4. The van der Waals surface area contributed by atoms with Gasteiger partial charge in [-0.3, -0.25) is 9.59 Å². The number of carbonyl (C=O) groups is 3. The molecule has 1 amide bonds. The number of esters is 2. The third kappa shape index (κ3) is 5.15. The van der Waals surface area contributed by atoms with Crippen molar-refractivity contribution in [2.75, 3.05) is 18.5 Å². The highest BCUT2D eigenvalue weighted by molar-refractivity contribution is 7.17. The third-order valence-electron chi connectivity index (χ3n) is 5.18. The molecule has 0 aliphatic carbocycles. The summed E-state index contributed by atoms with van der Waals surface area (Å²) in [5, 5.41) is 3.48. The number of aromatic nitrogens is 1. The lowest BCUT2D eigenvalue weighted by molar-refractivity contribution is -0.119. The van der Waals surface area contributed by atoms with Crippen LogP contribution < -0.4 is 10.9 Å². The van der Waals surface area contributed by atoms with Gasteiger partial charge in [-0.25, -0.2) is 9.59 Å². The monoisotopic (exact) mass is 490 g/mol. The van der Waals surface area contributed by atoms with Gasteiger partial charge >= 0.3 is 11.9 Å². The van der Waals surface area contributed by atoms with E-state index in [4.69, 9.17) is 9.47 Å². The highest BCUT2D eigenvalue weighted by Crippen LogP contribution is 2.40. The van der Waals surface area contributed by atoms with E-state index >= 15 is 0 Å². The maximum Gasteiger partial charge on any atom is 0.341 e. The summed E-state index contributed by atoms with van der Waals surface area (Å²) in [4.78, 5) is 53.5. The summed E-state index contributed by atoms with van der Waals surface area (Å²) >= 11 is 1.23. The predicted octanol–water partition coefficient (Wildman–Crippen LogP) is 4.54. The van der Waals surface area contributed by atoms with Gasteiger partial charge in [0.2, 0.25) is 5.56 Å². The molecule has 9 heteroatoms. The summed E-state index contributed by atoms with van der Waals surface area (Å²) < 4.78 is 10.4. The quantitative estimate of drug-likeness (QED) is 0.368. The van der Waals surface area contributed by atoms with Crippen LogP contribution in [0, 0.1) is 6.92 Å². The zero-order chi connectivity index (χ0) is 24.9. The molecule has 8 nitrogen and oxygen atoms in total. The van der Waals surface area contributed by atoms with Gasteiger partial charge in [0, 0.05) is 27.4 Å². The zero-order valence-electron chi connectivity index (χ0n) is 19.0. The molecule has 0 aliphatic heterocycles. The minimum absolute atomic E-state index is 0.0581. The second-order valence-corrected chi connectivity index (χ2v) is 8.77. The molecular weight excluding hydrogens is 468 g/mol. The Morgan fingerprint density at radius 1 is 0.971 bits per heavy atom. The maximum absolute atomic E-state index is 12.8. The second-order valence-electron chi connectivity index (χ2n) is 7.54. The molecule has 0 unspecified atom stereocenters. The number of para-hydroxylation sites is 1. The van der Waals surface area contributed by atoms with Crippen LogP contribution in [0.2, 0.25) is 0 Å². The fourth-order valence-corrected chi connectivity index (χ4v) is 4.81. The number of fused-ring (bicyclic) bond motifs is 1. The van der Waals surface area contributed by atoms with Gasteiger partial charge in [-0.2, -0.15) is 0 Å². The minimum Gasteiger partial charge on any atom is -0.462 e. The first-order valence-electron chi connectivity index (χ1n) is 10.8. The van der Waals surface area contributed by atoms with Gasteiger partial charge in [-0.05, 0) is 25.5 Å². The maximum atomic E-state index is 12.8. The van der Waals surface area contributed by atoms with Gasteiger partial charge in [0.1, 0.15) is 10.6 Å². The Morgan fingerprint density at radius 3 is 2.43 bits per heavy atom. The number of H-pyrrole nitrogens is 1. The molecule has 0 aliphatic rings. The van der Waals surface area contributed by atoms with E-state index in [1.165, 1.54) is 11.3 Å². The molecule has 178 valence electrons. The SMILES string of the molecule is CCOC(=O)c1c(NC(=O)COC(=O)c2cc(=O)[nH]c3ccccc23)sc(C)c1-c1ccccc1. The van der Waals surface area contributed by atoms with Gasteiger partial charge in [0.25, 0.3) is 5.91 Å². The van der Waals surface area contributed by atoms with E-state index in [1.807, 2.05) is 37.3 Å². The number of thiophene rings is 1. The normalized spacial score (nSPS) is 10.7. The Balaban J connectivity index is 1.55. The molecule has 4 rings (SSSR count). The number of aryl methyl sites for hydroxylation is 1. The minimum atomic E-state index is -0.805. The van der Waals surface area contributed by atoms with E-state index < -0.39 is 30.0 Å². The molecule has 2 aromatic carbocycles. The van der Waals surface area contributed by atoms with Crippen LogP contribution in [0.4, 0.5) is 5.00 Å². The summed E-state index contributed by atoms with van der Waals surface area (Å²) in [5.74, 6) is -1.99. The summed E-state index contributed by atoms with van der Waals surface area (Å²) in [7, 11) is 0. The number of carbonyl (C=O) groups excluding carboxylic acids is 3. The van der Waals surface area contributed by atoms with Crippen molar-refractivity contribution in [2.45, 2.75) is 13.8 Å². The molecule has 0 spiro atoms. The molecule has 0 atom stereocenters. The number of anilines is 1. The first kappa shape index (κ1) is 23.9. The Morgan fingerprint density at radius 2 is 1.69 bits per heavy atom. The average molecular weight is 491 g/mol. The summed E-state index contributed by atoms with van der Waals surface area (Å²) in [5.41, 5.74) is 1.83. The Bertz CT molecular complexity index is 1470. The van der Waals surface area contributed by atoms with E-state index in [0.717, 1.165) is 16.5 Å². The van der Waals surface area contributed by atoms with Crippen molar-refractivity contribution >= 4 is 45.1 Å². The predicted molar refractivity (Wildman–Crippen MR) is 134 cm³/mol. The highest BCUT2D eigenvalue weighted by Gasteiger charge is 2.26.